The van der Waals surface area contributed by atoms with Gasteiger partial charge in [-0.3, -0.25) is 0 Å². The molecule has 0 heterocycles. The van der Waals surface area contributed by atoms with Gasteiger partial charge in [0.2, 0.25) is 0 Å². The zero-order valence-corrected chi connectivity index (χ0v) is 4.81. The second-order valence-electron chi connectivity index (χ2n) is 0.236. The van der Waals surface area contributed by atoms with Crippen LogP contribution in [0.4, 0.5) is 0 Å². The fraction of sp³-hybridized carbons (Fsp3) is 0.500. The standard InChI is InChI=1S/C2H4O.Mo.O/c1-2-3;;/h2H,1H3;;. The number of aldehydes is 1. The van der Waals surface area contributed by atoms with Crippen LogP contribution >= 0.6 is 0 Å². The normalized spacial score (nSPS) is 3.40. The van der Waals surface area contributed by atoms with Crippen molar-refractivity contribution in [3.63, 3.8) is 0 Å². The van der Waals surface area contributed by atoms with Gasteiger partial charge >= 0.3 is 23.2 Å². The van der Waals surface area contributed by atoms with E-state index in [0.717, 1.165) is 6.29 Å². The number of carbonyl (C=O) groups excluding carboxylic acids is 1. The van der Waals surface area contributed by atoms with Gasteiger partial charge in [0.05, 0.1) is 0 Å². The van der Waals surface area contributed by atoms with E-state index in [4.69, 9.17) is 8.19 Å². The summed E-state index contributed by atoms with van der Waals surface area (Å²) in [5.74, 6) is 0. The van der Waals surface area contributed by atoms with E-state index < -0.39 is 0 Å². The van der Waals surface area contributed by atoms with Crippen molar-refractivity contribution >= 4 is 6.29 Å². The quantitative estimate of drug-likeness (QED) is 0.367. The zero-order chi connectivity index (χ0) is 4.71. The summed E-state index contributed by atoms with van der Waals surface area (Å²) >= 11 is 0.700. The van der Waals surface area contributed by atoms with Crippen molar-refractivity contribution in [3.8, 4) is 0 Å². The van der Waals surface area contributed by atoms with Gasteiger partial charge < -0.3 is 4.79 Å². The van der Waals surface area contributed by atoms with Gasteiger partial charge in [-0.15, -0.1) is 0 Å². The van der Waals surface area contributed by atoms with Crippen LogP contribution < -0.4 is 0 Å². The van der Waals surface area contributed by atoms with Crippen LogP contribution in [0.1, 0.15) is 6.92 Å². The van der Waals surface area contributed by atoms with Gasteiger partial charge in [-0.25, -0.2) is 0 Å². The van der Waals surface area contributed by atoms with Crippen LogP contribution in [-0.2, 0) is 28.0 Å². The molecule has 3 heteroatoms. The van der Waals surface area contributed by atoms with Gasteiger partial charge in [0.15, 0.2) is 0 Å². The first-order valence-electron chi connectivity index (χ1n) is 0.980. The maximum absolute atomic E-state index is 8.81. The van der Waals surface area contributed by atoms with Crippen LogP contribution in [0.25, 0.3) is 0 Å². The first kappa shape index (κ1) is 8.94. The van der Waals surface area contributed by atoms with Gasteiger partial charge in [-0.05, 0) is 6.92 Å². The van der Waals surface area contributed by atoms with Crippen LogP contribution in [0, 0.1) is 0 Å². The molecule has 0 amide bonds. The fourth-order valence-corrected chi connectivity index (χ4v) is 0. The van der Waals surface area contributed by atoms with Crippen LogP contribution in [0.5, 0.6) is 0 Å². The molecule has 0 fully saturated rings. The van der Waals surface area contributed by atoms with Crippen LogP contribution in [0.3, 0.4) is 0 Å². The summed E-state index contributed by atoms with van der Waals surface area (Å²) in [7, 11) is 0. The Bertz CT molecular complexity index is 21.6. The molecule has 0 aromatic heterocycles. The zero-order valence-electron chi connectivity index (χ0n) is 2.80. The predicted octanol–water partition coefficient (Wildman–Crippen LogP) is 0.0839. The SMILES string of the molecule is CC=O.[O]=[Mo]. The van der Waals surface area contributed by atoms with E-state index >= 15 is 0 Å². The van der Waals surface area contributed by atoms with E-state index in [2.05, 4.69) is 0 Å². The molecule has 0 bridgehead atoms. The van der Waals surface area contributed by atoms with E-state index in [1.807, 2.05) is 0 Å². The molecule has 0 aromatic rings. The van der Waals surface area contributed by atoms with Crippen molar-refractivity contribution in [2.75, 3.05) is 0 Å². The molecule has 0 radical (unpaired) electrons. The van der Waals surface area contributed by atoms with E-state index in [0.29, 0.717) is 19.8 Å². The third kappa shape index (κ3) is 773. The number of carbonyl (C=O) groups is 1. The average Bonchev–Trinajstić information content (AvgIpc) is 1.46. The van der Waals surface area contributed by atoms with E-state index in [9.17, 15) is 0 Å². The van der Waals surface area contributed by atoms with Gasteiger partial charge in [0.1, 0.15) is 6.29 Å². The summed E-state index contributed by atoms with van der Waals surface area (Å²) in [4.78, 5) is 8.81. The van der Waals surface area contributed by atoms with Crippen LogP contribution in [-0.4, -0.2) is 6.29 Å². The predicted molar refractivity (Wildman–Crippen MR) is 12.4 cm³/mol. The Morgan fingerprint density at radius 3 is 1.60 bits per heavy atom. The molecular formula is C2H4MoO2. The molecule has 5 heavy (non-hydrogen) atoms. The monoisotopic (exact) mass is 158 g/mol. The first-order chi connectivity index (χ1) is 2.41. The second-order valence-corrected chi connectivity index (χ2v) is 0.236. The van der Waals surface area contributed by atoms with Crippen molar-refractivity contribution in [2.24, 2.45) is 0 Å². The van der Waals surface area contributed by atoms with Crippen molar-refractivity contribution < 1.29 is 28.0 Å². The molecule has 0 aliphatic rings. The Morgan fingerprint density at radius 1 is 1.60 bits per heavy atom. The van der Waals surface area contributed by atoms with E-state index in [1.54, 1.807) is 0 Å². The molecule has 0 saturated carbocycles. The van der Waals surface area contributed by atoms with E-state index in [1.165, 1.54) is 6.92 Å². The Kier molecular flexibility index (Phi) is 55.3. The Morgan fingerprint density at radius 2 is 1.60 bits per heavy atom. The molecule has 2 nitrogen and oxygen atoms in total. The minimum absolute atomic E-state index is 0.700. The number of hydrogen-bond donors (Lipinski definition) is 0. The third-order valence-electron chi connectivity index (χ3n) is 0. The molecule has 0 saturated heterocycles. The van der Waals surface area contributed by atoms with Crippen molar-refractivity contribution in [1.82, 2.24) is 0 Å². The van der Waals surface area contributed by atoms with Gasteiger partial charge in [0.25, 0.3) is 0 Å². The van der Waals surface area contributed by atoms with Crippen molar-refractivity contribution in [2.45, 2.75) is 6.92 Å². The molecule has 0 unspecified atom stereocenters. The Balaban J connectivity index is 0. The minimum atomic E-state index is 0.700. The van der Waals surface area contributed by atoms with Crippen molar-refractivity contribution in [1.29, 1.82) is 0 Å². The number of hydrogen-bond acceptors (Lipinski definition) is 2. The van der Waals surface area contributed by atoms with Gasteiger partial charge in [-0.1, -0.05) is 0 Å². The van der Waals surface area contributed by atoms with Crippen molar-refractivity contribution in [3.05, 3.63) is 0 Å². The summed E-state index contributed by atoms with van der Waals surface area (Å²) in [5.41, 5.74) is 0. The Hall–Kier alpha value is 0.158. The maximum atomic E-state index is 8.81. The molecule has 0 atom stereocenters. The van der Waals surface area contributed by atoms with E-state index in [-0.39, 0.29) is 0 Å². The van der Waals surface area contributed by atoms with Crippen LogP contribution in [0.2, 0.25) is 0 Å². The summed E-state index contributed by atoms with van der Waals surface area (Å²) in [6.07, 6.45) is 0.750. The molecule has 0 rings (SSSR count). The molecule has 0 aliphatic heterocycles. The fourth-order valence-electron chi connectivity index (χ4n) is 0. The Labute approximate surface area is 41.8 Å². The molecule has 30 valence electrons. The number of rotatable bonds is 0. The summed E-state index contributed by atoms with van der Waals surface area (Å²) in [6, 6.07) is 0. The topological polar surface area (TPSA) is 34.1 Å². The average molecular weight is 156 g/mol. The third-order valence-corrected chi connectivity index (χ3v) is 0. The second kappa shape index (κ2) is 30.9. The van der Waals surface area contributed by atoms with Gasteiger partial charge in [0, 0.05) is 0 Å². The molecular weight excluding hydrogens is 152 g/mol. The molecule has 0 spiro atoms. The first-order valence-corrected chi connectivity index (χ1v) is 1.80. The molecule has 0 aromatic carbocycles. The van der Waals surface area contributed by atoms with Crippen LogP contribution in [0.15, 0.2) is 0 Å². The molecule has 0 aliphatic carbocycles. The molecule has 0 N–H and O–H groups in total. The summed E-state index contributed by atoms with van der Waals surface area (Å²) in [6.45, 7) is 1.44. The van der Waals surface area contributed by atoms with Gasteiger partial charge in [-0.2, -0.15) is 0 Å². The summed E-state index contributed by atoms with van der Waals surface area (Å²) < 4.78 is 8.26. The summed E-state index contributed by atoms with van der Waals surface area (Å²) in [5, 5.41) is 0.